The van der Waals surface area contributed by atoms with E-state index in [1.54, 1.807) is 12.1 Å². The molecule has 0 aromatic heterocycles. The number of hydrogen-bond acceptors (Lipinski definition) is 4. The predicted octanol–water partition coefficient (Wildman–Crippen LogP) is 4.28. The summed E-state index contributed by atoms with van der Waals surface area (Å²) >= 11 is 0. The molecule has 9 heteroatoms. The van der Waals surface area contributed by atoms with Crippen LogP contribution >= 0.6 is 0 Å². The third-order valence-electron chi connectivity index (χ3n) is 3.42. The van der Waals surface area contributed by atoms with Crippen LogP contribution in [0.4, 0.5) is 23.7 Å². The SMILES string of the molecule is O=C(NCCC#Cc1cc([N+](=O)[O-])cc(C(F)(F)F)c1)OCc1ccccc1. The highest BCUT2D eigenvalue weighted by molar-refractivity contribution is 5.67. The van der Waals surface area contributed by atoms with E-state index in [-0.39, 0.29) is 25.1 Å². The molecule has 2 aromatic rings. The summed E-state index contributed by atoms with van der Waals surface area (Å²) in [5.41, 5.74) is -1.15. The molecule has 2 aromatic carbocycles. The summed E-state index contributed by atoms with van der Waals surface area (Å²) in [6.07, 6.45) is -5.24. The molecule has 0 saturated heterocycles. The summed E-state index contributed by atoms with van der Waals surface area (Å²) in [5, 5.41) is 13.2. The first-order valence-corrected chi connectivity index (χ1v) is 8.06. The Labute approximate surface area is 158 Å². The minimum Gasteiger partial charge on any atom is -0.445 e. The van der Waals surface area contributed by atoms with Gasteiger partial charge in [0.2, 0.25) is 0 Å². The molecule has 0 aliphatic heterocycles. The quantitative estimate of drug-likeness (QED) is 0.356. The molecule has 0 saturated carbocycles. The molecule has 0 bridgehead atoms. The Kier molecular flexibility index (Phi) is 6.98. The maximum Gasteiger partial charge on any atom is 0.416 e. The Morgan fingerprint density at radius 2 is 1.89 bits per heavy atom. The molecule has 1 amide bonds. The summed E-state index contributed by atoms with van der Waals surface area (Å²) in [6.45, 7) is 0.216. The normalized spacial score (nSPS) is 10.5. The van der Waals surface area contributed by atoms with Crippen LogP contribution in [0.15, 0.2) is 48.5 Å². The number of alkyl halides is 3. The first-order chi connectivity index (χ1) is 13.3. The van der Waals surface area contributed by atoms with E-state index in [1.807, 2.05) is 18.2 Å². The largest absolute Gasteiger partial charge is 0.445 e. The van der Waals surface area contributed by atoms with Gasteiger partial charge in [-0.1, -0.05) is 42.2 Å². The van der Waals surface area contributed by atoms with Gasteiger partial charge in [0.15, 0.2) is 0 Å². The van der Waals surface area contributed by atoms with Crippen LogP contribution < -0.4 is 5.32 Å². The lowest BCUT2D eigenvalue weighted by atomic mass is 10.1. The Morgan fingerprint density at radius 1 is 1.18 bits per heavy atom. The van der Waals surface area contributed by atoms with Gasteiger partial charge in [0.25, 0.3) is 5.69 Å². The van der Waals surface area contributed by atoms with Crippen molar-refractivity contribution in [2.24, 2.45) is 0 Å². The summed E-state index contributed by atoms with van der Waals surface area (Å²) in [4.78, 5) is 21.4. The molecule has 6 nitrogen and oxygen atoms in total. The van der Waals surface area contributed by atoms with Gasteiger partial charge in [-0.25, -0.2) is 4.79 Å². The zero-order valence-corrected chi connectivity index (χ0v) is 14.5. The Bertz CT molecular complexity index is 903. The molecule has 0 atom stereocenters. The van der Waals surface area contributed by atoms with E-state index in [2.05, 4.69) is 17.2 Å². The predicted molar refractivity (Wildman–Crippen MR) is 94.2 cm³/mol. The van der Waals surface area contributed by atoms with Gasteiger partial charge >= 0.3 is 12.3 Å². The fourth-order valence-corrected chi connectivity index (χ4v) is 2.12. The average molecular weight is 392 g/mol. The molecule has 0 radical (unpaired) electrons. The second-order valence-corrected chi connectivity index (χ2v) is 5.56. The number of rotatable bonds is 5. The average Bonchev–Trinajstić information content (AvgIpc) is 2.66. The van der Waals surface area contributed by atoms with E-state index in [9.17, 15) is 28.1 Å². The van der Waals surface area contributed by atoms with Crippen LogP contribution in [0, 0.1) is 22.0 Å². The van der Waals surface area contributed by atoms with Gasteiger partial charge in [0.1, 0.15) is 6.61 Å². The molecular formula is C19H15F3N2O4. The molecular weight excluding hydrogens is 377 g/mol. The van der Waals surface area contributed by atoms with Crippen molar-refractivity contribution in [2.45, 2.75) is 19.2 Å². The number of nitro groups is 1. The number of carbonyl (C=O) groups excluding carboxylic acids is 1. The van der Waals surface area contributed by atoms with Gasteiger partial charge in [-0.2, -0.15) is 13.2 Å². The molecule has 0 heterocycles. The minimum absolute atomic E-state index is 0.103. The summed E-state index contributed by atoms with van der Waals surface area (Å²) in [6, 6.07) is 11.2. The number of halogens is 3. The smallest absolute Gasteiger partial charge is 0.416 e. The van der Waals surface area contributed by atoms with E-state index in [0.29, 0.717) is 6.07 Å². The molecule has 0 aliphatic carbocycles. The molecule has 1 N–H and O–H groups in total. The number of nitrogens with zero attached hydrogens (tertiary/aromatic N) is 1. The standard InChI is InChI=1S/C19H15F3N2O4/c20-19(21,22)16-10-15(11-17(12-16)24(26)27)8-4-5-9-23-18(25)28-13-14-6-2-1-3-7-14/h1-3,6-7,10-12H,5,9,13H2,(H,23,25). The third kappa shape index (κ3) is 6.64. The van der Waals surface area contributed by atoms with Crippen molar-refractivity contribution in [1.29, 1.82) is 0 Å². The lowest BCUT2D eigenvalue weighted by molar-refractivity contribution is -0.385. The van der Waals surface area contributed by atoms with Gasteiger partial charge in [-0.3, -0.25) is 10.1 Å². The number of benzene rings is 2. The molecule has 2 rings (SSSR count). The van der Waals surface area contributed by atoms with Gasteiger partial charge in [0, 0.05) is 30.7 Å². The lowest BCUT2D eigenvalue weighted by Gasteiger charge is -2.06. The fourth-order valence-electron chi connectivity index (χ4n) is 2.12. The highest BCUT2D eigenvalue weighted by atomic mass is 19.4. The number of alkyl carbamates (subject to hydrolysis) is 1. The number of amides is 1. The van der Waals surface area contributed by atoms with Crippen molar-refractivity contribution in [3.05, 3.63) is 75.3 Å². The Balaban J connectivity index is 1.87. The Morgan fingerprint density at radius 3 is 2.54 bits per heavy atom. The number of nitrogens with one attached hydrogen (secondary N) is 1. The van der Waals surface area contributed by atoms with Crippen LogP contribution in [0.1, 0.15) is 23.1 Å². The van der Waals surface area contributed by atoms with Crippen molar-refractivity contribution in [3.8, 4) is 11.8 Å². The van der Waals surface area contributed by atoms with E-state index < -0.39 is 28.4 Å². The first-order valence-electron chi connectivity index (χ1n) is 8.06. The zero-order valence-electron chi connectivity index (χ0n) is 14.5. The second-order valence-electron chi connectivity index (χ2n) is 5.56. The molecule has 0 aliphatic rings. The fraction of sp³-hybridized carbons (Fsp3) is 0.211. The monoisotopic (exact) mass is 392 g/mol. The molecule has 146 valence electrons. The number of non-ortho nitro benzene ring substituents is 1. The van der Waals surface area contributed by atoms with Gasteiger partial charge < -0.3 is 10.1 Å². The molecule has 0 spiro atoms. The molecule has 0 fully saturated rings. The number of nitro benzene ring substituents is 1. The van der Waals surface area contributed by atoms with Crippen LogP contribution in [-0.4, -0.2) is 17.6 Å². The van der Waals surface area contributed by atoms with E-state index >= 15 is 0 Å². The zero-order chi connectivity index (χ0) is 20.6. The van der Waals surface area contributed by atoms with Crippen LogP contribution in [0.3, 0.4) is 0 Å². The first kappa shape index (κ1) is 20.8. The Hall–Kier alpha value is -3.54. The van der Waals surface area contributed by atoms with Crippen LogP contribution in [0.2, 0.25) is 0 Å². The van der Waals surface area contributed by atoms with Crippen LogP contribution in [0.5, 0.6) is 0 Å². The van der Waals surface area contributed by atoms with E-state index in [1.165, 1.54) is 0 Å². The molecule has 0 unspecified atom stereocenters. The van der Waals surface area contributed by atoms with Crippen molar-refractivity contribution >= 4 is 11.8 Å². The third-order valence-corrected chi connectivity index (χ3v) is 3.42. The van der Waals surface area contributed by atoms with Crippen molar-refractivity contribution in [1.82, 2.24) is 5.32 Å². The van der Waals surface area contributed by atoms with Gasteiger partial charge in [-0.05, 0) is 11.6 Å². The van der Waals surface area contributed by atoms with Crippen molar-refractivity contribution < 1.29 is 27.6 Å². The van der Waals surface area contributed by atoms with Crippen molar-refractivity contribution in [2.75, 3.05) is 6.54 Å². The highest BCUT2D eigenvalue weighted by Crippen LogP contribution is 2.32. The van der Waals surface area contributed by atoms with Gasteiger partial charge in [-0.15, -0.1) is 0 Å². The van der Waals surface area contributed by atoms with Crippen LogP contribution in [0.25, 0.3) is 0 Å². The maximum atomic E-state index is 12.8. The van der Waals surface area contributed by atoms with Crippen LogP contribution in [-0.2, 0) is 17.5 Å². The summed E-state index contributed by atoms with van der Waals surface area (Å²) < 4.78 is 43.4. The minimum atomic E-state index is -4.72. The number of hydrogen-bond donors (Lipinski definition) is 1. The number of ether oxygens (including phenoxy) is 1. The second kappa shape index (κ2) is 9.41. The highest BCUT2D eigenvalue weighted by Gasteiger charge is 2.32. The summed E-state index contributed by atoms with van der Waals surface area (Å²) in [5.74, 6) is 5.00. The summed E-state index contributed by atoms with van der Waals surface area (Å²) in [7, 11) is 0. The van der Waals surface area contributed by atoms with E-state index in [0.717, 1.165) is 17.7 Å². The van der Waals surface area contributed by atoms with E-state index in [4.69, 9.17) is 4.74 Å². The maximum absolute atomic E-state index is 12.8. The number of carbonyl (C=O) groups is 1. The van der Waals surface area contributed by atoms with Crippen molar-refractivity contribution in [3.63, 3.8) is 0 Å². The van der Waals surface area contributed by atoms with Gasteiger partial charge in [0.05, 0.1) is 10.5 Å². The lowest BCUT2D eigenvalue weighted by Crippen LogP contribution is -2.24. The topological polar surface area (TPSA) is 81.5 Å². The molecule has 28 heavy (non-hydrogen) atoms.